The van der Waals surface area contributed by atoms with Gasteiger partial charge in [0.15, 0.2) is 0 Å². The molecule has 29 heavy (non-hydrogen) atoms. The molecule has 1 amide bonds. The molecular weight excluding hydrogens is 369 g/mol. The molecule has 0 N–H and O–H groups in total. The Labute approximate surface area is 169 Å². The van der Waals surface area contributed by atoms with Crippen LogP contribution in [-0.4, -0.2) is 47.7 Å². The number of aromatic nitrogens is 1. The first-order chi connectivity index (χ1) is 14.1. The molecule has 2 aliphatic rings. The first-order valence-corrected chi connectivity index (χ1v) is 10.2. The van der Waals surface area contributed by atoms with Crippen molar-refractivity contribution in [3.05, 3.63) is 60.0 Å². The van der Waals surface area contributed by atoms with Gasteiger partial charge in [-0.2, -0.15) is 0 Å². The molecule has 1 fully saturated rings. The summed E-state index contributed by atoms with van der Waals surface area (Å²) >= 11 is 0. The molecule has 0 radical (unpaired) electrons. The van der Waals surface area contributed by atoms with Gasteiger partial charge in [-0.05, 0) is 42.8 Å². The lowest BCUT2D eigenvalue weighted by atomic mass is 10.2. The van der Waals surface area contributed by atoms with Crippen LogP contribution in [-0.2, 0) is 6.54 Å². The normalized spacial score (nSPS) is 18.8. The molecule has 0 spiro atoms. The zero-order valence-corrected chi connectivity index (χ0v) is 16.5. The molecule has 1 saturated heterocycles. The third-order valence-corrected chi connectivity index (χ3v) is 6.00. The van der Waals surface area contributed by atoms with Crippen LogP contribution in [0.2, 0.25) is 0 Å². The van der Waals surface area contributed by atoms with E-state index in [1.807, 2.05) is 29.2 Å². The highest BCUT2D eigenvalue weighted by Gasteiger charge is 2.29. The number of para-hydroxylation sites is 1. The van der Waals surface area contributed by atoms with Gasteiger partial charge in [-0.3, -0.25) is 4.79 Å². The molecule has 0 bridgehead atoms. The lowest BCUT2D eigenvalue weighted by Crippen LogP contribution is -2.49. The molecule has 150 valence electrons. The molecule has 0 aliphatic carbocycles. The molecule has 2 aromatic carbocycles. The Balaban J connectivity index is 1.38. The number of ether oxygens (including phenoxy) is 1. The highest BCUT2D eigenvalue weighted by atomic mass is 19.1. The number of amides is 1. The van der Waals surface area contributed by atoms with E-state index in [9.17, 15) is 9.18 Å². The molecule has 6 heteroatoms. The second-order valence-corrected chi connectivity index (χ2v) is 7.74. The number of nitrogens with zero attached hydrogens (tertiary/aromatic N) is 3. The minimum Gasteiger partial charge on any atom is -0.486 e. The van der Waals surface area contributed by atoms with Crippen LogP contribution < -0.4 is 9.64 Å². The van der Waals surface area contributed by atoms with Crippen LogP contribution in [0.5, 0.6) is 5.75 Å². The molecule has 1 atom stereocenters. The van der Waals surface area contributed by atoms with Crippen molar-refractivity contribution in [2.24, 2.45) is 0 Å². The SMILES string of the molecule is CCC1Cn2c(C(=O)N3CCN(c4ccc(F)cc4)CC3)cc3cccc(c32)O1. The lowest BCUT2D eigenvalue weighted by Gasteiger charge is -2.36. The van der Waals surface area contributed by atoms with Crippen LogP contribution >= 0.6 is 0 Å². The van der Waals surface area contributed by atoms with Crippen LogP contribution in [0.3, 0.4) is 0 Å². The van der Waals surface area contributed by atoms with E-state index in [0.717, 1.165) is 47.5 Å². The van der Waals surface area contributed by atoms with Crippen molar-refractivity contribution in [1.29, 1.82) is 0 Å². The average molecular weight is 393 g/mol. The Morgan fingerprint density at radius 3 is 2.59 bits per heavy atom. The molecule has 1 aromatic heterocycles. The van der Waals surface area contributed by atoms with E-state index in [-0.39, 0.29) is 17.8 Å². The lowest BCUT2D eigenvalue weighted by molar-refractivity contribution is 0.0730. The van der Waals surface area contributed by atoms with E-state index in [4.69, 9.17) is 4.74 Å². The molecular formula is C23H24FN3O2. The number of benzene rings is 2. The zero-order valence-electron chi connectivity index (χ0n) is 16.5. The molecule has 1 unspecified atom stereocenters. The summed E-state index contributed by atoms with van der Waals surface area (Å²) in [6, 6.07) is 14.5. The fourth-order valence-corrected chi connectivity index (χ4v) is 4.37. The molecule has 0 saturated carbocycles. The largest absolute Gasteiger partial charge is 0.486 e. The molecule has 3 heterocycles. The Morgan fingerprint density at radius 2 is 1.86 bits per heavy atom. The van der Waals surface area contributed by atoms with Gasteiger partial charge in [-0.1, -0.05) is 19.1 Å². The van der Waals surface area contributed by atoms with Gasteiger partial charge < -0.3 is 19.1 Å². The van der Waals surface area contributed by atoms with Gasteiger partial charge in [0.05, 0.1) is 12.1 Å². The van der Waals surface area contributed by atoms with Gasteiger partial charge in [-0.25, -0.2) is 4.39 Å². The number of halogens is 1. The fourth-order valence-electron chi connectivity index (χ4n) is 4.37. The van der Waals surface area contributed by atoms with Crippen molar-refractivity contribution in [1.82, 2.24) is 9.47 Å². The number of hydrogen-bond acceptors (Lipinski definition) is 3. The summed E-state index contributed by atoms with van der Waals surface area (Å²) in [5.74, 6) is 0.703. The third kappa shape index (κ3) is 3.12. The van der Waals surface area contributed by atoms with E-state index in [2.05, 4.69) is 16.4 Å². The van der Waals surface area contributed by atoms with Crippen molar-refractivity contribution >= 4 is 22.5 Å². The first-order valence-electron chi connectivity index (χ1n) is 10.2. The predicted molar refractivity (Wildman–Crippen MR) is 111 cm³/mol. The van der Waals surface area contributed by atoms with E-state index in [1.54, 1.807) is 12.1 Å². The van der Waals surface area contributed by atoms with Gasteiger partial charge in [0.25, 0.3) is 5.91 Å². The summed E-state index contributed by atoms with van der Waals surface area (Å²) in [6.45, 7) is 5.59. The maximum Gasteiger partial charge on any atom is 0.270 e. The maximum absolute atomic E-state index is 13.4. The Kier molecular flexibility index (Phi) is 4.42. The summed E-state index contributed by atoms with van der Waals surface area (Å²) < 4.78 is 21.4. The minimum atomic E-state index is -0.231. The highest BCUT2D eigenvalue weighted by Crippen LogP contribution is 2.34. The quantitative estimate of drug-likeness (QED) is 0.677. The summed E-state index contributed by atoms with van der Waals surface area (Å²) in [5, 5.41) is 1.05. The smallest absolute Gasteiger partial charge is 0.270 e. The monoisotopic (exact) mass is 393 g/mol. The summed E-state index contributed by atoms with van der Waals surface area (Å²) in [5.41, 5.74) is 2.75. The summed E-state index contributed by atoms with van der Waals surface area (Å²) in [6.07, 6.45) is 0.986. The number of piperazine rings is 1. The van der Waals surface area contributed by atoms with Crippen LogP contribution in [0.4, 0.5) is 10.1 Å². The van der Waals surface area contributed by atoms with Gasteiger partial charge >= 0.3 is 0 Å². The maximum atomic E-state index is 13.4. The summed E-state index contributed by atoms with van der Waals surface area (Å²) in [7, 11) is 0. The van der Waals surface area contributed by atoms with Crippen molar-refractivity contribution in [2.45, 2.75) is 26.0 Å². The topological polar surface area (TPSA) is 37.7 Å². The van der Waals surface area contributed by atoms with Crippen molar-refractivity contribution < 1.29 is 13.9 Å². The second kappa shape index (κ2) is 7.10. The molecule has 2 aliphatic heterocycles. The number of carbonyl (C=O) groups excluding carboxylic acids is 1. The van der Waals surface area contributed by atoms with E-state index in [1.165, 1.54) is 12.1 Å². The van der Waals surface area contributed by atoms with Crippen molar-refractivity contribution in [3.63, 3.8) is 0 Å². The van der Waals surface area contributed by atoms with E-state index < -0.39 is 0 Å². The molecule has 5 nitrogen and oxygen atoms in total. The average Bonchev–Trinajstić information content (AvgIpc) is 3.14. The van der Waals surface area contributed by atoms with Crippen LogP contribution in [0.25, 0.3) is 10.9 Å². The minimum absolute atomic E-state index is 0.0719. The number of hydrogen-bond donors (Lipinski definition) is 0. The van der Waals surface area contributed by atoms with Gasteiger partial charge in [0, 0.05) is 37.3 Å². The van der Waals surface area contributed by atoms with Crippen LogP contribution in [0.15, 0.2) is 48.5 Å². The zero-order chi connectivity index (χ0) is 20.0. The Morgan fingerprint density at radius 1 is 1.10 bits per heavy atom. The fraction of sp³-hybridized carbons (Fsp3) is 0.348. The van der Waals surface area contributed by atoms with Crippen LogP contribution in [0, 0.1) is 5.82 Å². The molecule has 3 aromatic rings. The highest BCUT2D eigenvalue weighted by molar-refractivity contribution is 6.00. The number of rotatable bonds is 3. The van der Waals surface area contributed by atoms with Crippen molar-refractivity contribution in [2.75, 3.05) is 31.1 Å². The van der Waals surface area contributed by atoms with Crippen LogP contribution in [0.1, 0.15) is 23.8 Å². The Bertz CT molecular complexity index is 1050. The number of carbonyl (C=O) groups is 1. The Hall–Kier alpha value is -3.02. The number of anilines is 1. The third-order valence-electron chi connectivity index (χ3n) is 6.00. The first kappa shape index (κ1) is 18.0. The second-order valence-electron chi connectivity index (χ2n) is 7.74. The molecule has 5 rings (SSSR count). The van der Waals surface area contributed by atoms with Gasteiger partial charge in [0.2, 0.25) is 0 Å². The van der Waals surface area contributed by atoms with Gasteiger partial charge in [0.1, 0.15) is 23.4 Å². The standard InChI is InChI=1S/C23H24FN3O2/c1-2-19-15-27-20(14-16-4-3-5-21(29-19)22(16)27)23(28)26-12-10-25(11-13-26)18-8-6-17(24)7-9-18/h3-9,14,19H,2,10-13,15H2,1H3. The van der Waals surface area contributed by atoms with Crippen molar-refractivity contribution in [3.8, 4) is 5.75 Å². The predicted octanol–water partition coefficient (Wildman–Crippen LogP) is 3.91. The van der Waals surface area contributed by atoms with E-state index >= 15 is 0 Å². The summed E-state index contributed by atoms with van der Waals surface area (Å²) in [4.78, 5) is 17.5. The van der Waals surface area contributed by atoms with E-state index in [0.29, 0.717) is 19.6 Å². The van der Waals surface area contributed by atoms with Gasteiger partial charge in [-0.15, -0.1) is 0 Å².